The molecule has 1 aromatic carbocycles. The monoisotopic (exact) mass is 362 g/mol. The largest absolute Gasteiger partial charge is 0.401 e. The van der Waals surface area contributed by atoms with Crippen LogP contribution in [0.15, 0.2) is 58.9 Å². The van der Waals surface area contributed by atoms with Crippen molar-refractivity contribution in [2.45, 2.75) is 26.7 Å². The molecule has 0 amide bonds. The SMILES string of the molecule is CCOP(=O)(OCC)C(=O)C=C1C=C(CCc2ccccc2)NC=N1. The summed E-state index contributed by atoms with van der Waals surface area (Å²) in [6.07, 6.45) is 6.14. The van der Waals surface area contributed by atoms with Crippen LogP contribution in [0.4, 0.5) is 0 Å². The molecule has 0 radical (unpaired) electrons. The molecule has 1 N–H and O–H groups in total. The number of hydrogen-bond acceptors (Lipinski definition) is 6. The van der Waals surface area contributed by atoms with Gasteiger partial charge in [-0.1, -0.05) is 30.3 Å². The molecular formula is C18H23N2O4P. The number of nitrogens with one attached hydrogen (secondary N) is 1. The third-order valence-corrected chi connectivity index (χ3v) is 5.32. The Balaban J connectivity index is 2.07. The summed E-state index contributed by atoms with van der Waals surface area (Å²) < 4.78 is 22.6. The summed E-state index contributed by atoms with van der Waals surface area (Å²) in [5.41, 5.74) is 1.89. The smallest absolute Gasteiger partial charge is 0.350 e. The van der Waals surface area contributed by atoms with Gasteiger partial charge in [-0.2, -0.15) is 0 Å². The number of carbonyl (C=O) groups is 1. The van der Waals surface area contributed by atoms with E-state index in [4.69, 9.17) is 9.05 Å². The van der Waals surface area contributed by atoms with E-state index >= 15 is 0 Å². The molecule has 134 valence electrons. The van der Waals surface area contributed by atoms with Gasteiger partial charge in [0.2, 0.25) is 0 Å². The first kappa shape index (κ1) is 19.3. The van der Waals surface area contributed by atoms with Crippen LogP contribution in [0, 0.1) is 0 Å². The van der Waals surface area contributed by atoms with E-state index < -0.39 is 13.1 Å². The molecule has 1 aromatic rings. The normalized spacial score (nSPS) is 15.8. The number of hydrogen-bond donors (Lipinski definition) is 1. The van der Waals surface area contributed by atoms with E-state index in [0.29, 0.717) is 5.70 Å². The lowest BCUT2D eigenvalue weighted by Gasteiger charge is -2.15. The Kier molecular flexibility index (Phi) is 7.31. The Morgan fingerprint density at radius 1 is 1.16 bits per heavy atom. The van der Waals surface area contributed by atoms with Crippen LogP contribution in [0.25, 0.3) is 0 Å². The molecule has 0 saturated carbocycles. The second-order valence-corrected chi connectivity index (χ2v) is 7.25. The van der Waals surface area contributed by atoms with Crippen molar-refractivity contribution in [3.63, 3.8) is 0 Å². The lowest BCUT2D eigenvalue weighted by atomic mass is 10.1. The van der Waals surface area contributed by atoms with Gasteiger partial charge in [0, 0.05) is 11.8 Å². The first-order chi connectivity index (χ1) is 12.1. The van der Waals surface area contributed by atoms with Crippen LogP contribution in [-0.2, 0) is 24.8 Å². The first-order valence-corrected chi connectivity index (χ1v) is 9.80. The molecule has 0 unspecified atom stereocenters. The summed E-state index contributed by atoms with van der Waals surface area (Å²) in [5.74, 6) is 0. The highest BCUT2D eigenvalue weighted by Gasteiger charge is 2.32. The van der Waals surface area contributed by atoms with Gasteiger partial charge in [-0.15, -0.1) is 0 Å². The summed E-state index contributed by atoms with van der Waals surface area (Å²) in [6, 6.07) is 10.1. The predicted octanol–water partition coefficient (Wildman–Crippen LogP) is 3.81. The van der Waals surface area contributed by atoms with Gasteiger partial charge in [-0.05, 0) is 38.3 Å². The van der Waals surface area contributed by atoms with Crippen molar-refractivity contribution in [2.75, 3.05) is 13.2 Å². The zero-order valence-corrected chi connectivity index (χ0v) is 15.4. The Bertz CT molecular complexity index is 716. The van der Waals surface area contributed by atoms with E-state index in [9.17, 15) is 9.36 Å². The summed E-state index contributed by atoms with van der Waals surface area (Å²) in [5, 5.41) is 3.07. The van der Waals surface area contributed by atoms with Crippen molar-refractivity contribution in [1.82, 2.24) is 5.32 Å². The number of nitrogens with zero attached hydrogens (tertiary/aromatic N) is 1. The first-order valence-electron chi connectivity index (χ1n) is 8.26. The van der Waals surface area contributed by atoms with Crippen molar-refractivity contribution in [3.05, 3.63) is 59.4 Å². The minimum Gasteiger partial charge on any atom is -0.350 e. The number of allylic oxidation sites excluding steroid dienone is 3. The zero-order chi connectivity index (χ0) is 18.1. The Morgan fingerprint density at radius 3 is 2.48 bits per heavy atom. The predicted molar refractivity (Wildman–Crippen MR) is 98.4 cm³/mol. The van der Waals surface area contributed by atoms with E-state index in [2.05, 4.69) is 22.4 Å². The second kappa shape index (κ2) is 9.47. The molecule has 0 saturated heterocycles. The van der Waals surface area contributed by atoms with Crippen LogP contribution in [-0.4, -0.2) is 25.1 Å². The molecule has 0 atom stereocenters. The van der Waals surface area contributed by atoms with Crippen LogP contribution in [0.2, 0.25) is 0 Å². The maximum absolute atomic E-state index is 12.5. The number of benzene rings is 1. The maximum Gasteiger partial charge on any atom is 0.401 e. The highest BCUT2D eigenvalue weighted by atomic mass is 31.2. The Morgan fingerprint density at radius 2 is 1.84 bits per heavy atom. The van der Waals surface area contributed by atoms with E-state index in [1.807, 2.05) is 18.2 Å². The standard InChI is InChI=1S/C18H23N2O4P/c1-3-23-25(22,24-4-2)18(21)13-17-12-16(19-14-20-17)11-10-15-8-6-5-7-9-15/h5-9,12-14H,3-4,10-11H2,1-2H3,(H,19,20). The molecule has 0 aliphatic carbocycles. The van der Waals surface area contributed by atoms with E-state index in [1.165, 1.54) is 18.0 Å². The van der Waals surface area contributed by atoms with Gasteiger partial charge in [0.25, 0.3) is 5.52 Å². The molecule has 0 aromatic heterocycles. The molecular weight excluding hydrogens is 339 g/mol. The van der Waals surface area contributed by atoms with Crippen molar-refractivity contribution in [1.29, 1.82) is 0 Å². The van der Waals surface area contributed by atoms with Crippen molar-refractivity contribution in [2.24, 2.45) is 4.99 Å². The fraction of sp³-hybridized carbons (Fsp3) is 0.333. The zero-order valence-electron chi connectivity index (χ0n) is 14.5. The molecule has 7 heteroatoms. The summed E-state index contributed by atoms with van der Waals surface area (Å²) in [6.45, 7) is 3.59. The van der Waals surface area contributed by atoms with Crippen molar-refractivity contribution < 1.29 is 18.4 Å². The van der Waals surface area contributed by atoms with Crippen LogP contribution < -0.4 is 5.32 Å². The molecule has 1 aliphatic heterocycles. The number of aryl methyl sites for hydroxylation is 1. The fourth-order valence-electron chi connectivity index (χ4n) is 2.30. The van der Waals surface area contributed by atoms with Crippen molar-refractivity contribution in [3.8, 4) is 0 Å². The highest BCUT2D eigenvalue weighted by molar-refractivity contribution is 7.72. The Labute approximate surface area is 148 Å². The number of aliphatic imine (C=N–C) groups is 1. The number of rotatable bonds is 9. The van der Waals surface area contributed by atoms with E-state index in [1.54, 1.807) is 19.9 Å². The fourth-order valence-corrected chi connectivity index (χ4v) is 3.60. The van der Waals surface area contributed by atoms with Gasteiger partial charge in [-0.25, -0.2) is 4.99 Å². The molecule has 0 bridgehead atoms. The summed E-state index contributed by atoms with van der Waals surface area (Å²) in [7, 11) is -3.80. The quantitative estimate of drug-likeness (QED) is 0.534. The molecule has 1 aliphatic rings. The summed E-state index contributed by atoms with van der Waals surface area (Å²) in [4.78, 5) is 16.4. The van der Waals surface area contributed by atoms with E-state index in [-0.39, 0.29) is 13.2 Å². The minimum absolute atomic E-state index is 0.134. The number of carbonyl (C=O) groups excluding carboxylic acids is 1. The van der Waals surface area contributed by atoms with Crippen LogP contribution >= 0.6 is 7.60 Å². The maximum atomic E-state index is 12.5. The molecule has 0 spiro atoms. The van der Waals surface area contributed by atoms with Gasteiger partial charge in [0.15, 0.2) is 0 Å². The summed E-state index contributed by atoms with van der Waals surface area (Å²) >= 11 is 0. The van der Waals surface area contributed by atoms with Gasteiger partial charge in [0.1, 0.15) is 0 Å². The molecule has 6 nitrogen and oxygen atoms in total. The topological polar surface area (TPSA) is 77.0 Å². The molecule has 0 fully saturated rings. The third-order valence-electron chi connectivity index (χ3n) is 3.45. The molecule has 2 rings (SSSR count). The molecule has 25 heavy (non-hydrogen) atoms. The van der Waals surface area contributed by atoms with Crippen molar-refractivity contribution >= 4 is 19.5 Å². The second-order valence-electron chi connectivity index (χ2n) is 5.30. The average molecular weight is 362 g/mol. The third kappa shape index (κ3) is 5.78. The lowest BCUT2D eigenvalue weighted by molar-refractivity contribution is -0.109. The molecule has 1 heterocycles. The van der Waals surface area contributed by atoms with Gasteiger partial charge in [0.05, 0.1) is 25.2 Å². The van der Waals surface area contributed by atoms with Gasteiger partial charge < -0.3 is 14.4 Å². The van der Waals surface area contributed by atoms with Gasteiger partial charge >= 0.3 is 7.60 Å². The van der Waals surface area contributed by atoms with Crippen LogP contribution in [0.3, 0.4) is 0 Å². The van der Waals surface area contributed by atoms with Crippen LogP contribution in [0.1, 0.15) is 25.8 Å². The van der Waals surface area contributed by atoms with Gasteiger partial charge in [-0.3, -0.25) is 9.36 Å². The highest BCUT2D eigenvalue weighted by Crippen LogP contribution is 2.49. The van der Waals surface area contributed by atoms with Crippen LogP contribution in [0.5, 0.6) is 0 Å². The lowest BCUT2D eigenvalue weighted by Crippen LogP contribution is -2.15. The van der Waals surface area contributed by atoms with E-state index in [0.717, 1.165) is 18.5 Å². The Hall–Kier alpha value is -2.01. The minimum atomic E-state index is -3.80. The average Bonchev–Trinajstić information content (AvgIpc) is 2.61.